The first-order valence-electron chi connectivity index (χ1n) is 4.78. The summed E-state index contributed by atoms with van der Waals surface area (Å²) in [7, 11) is 0. The maximum absolute atomic E-state index is 10.9. The summed E-state index contributed by atoms with van der Waals surface area (Å²) in [5.74, 6) is -1.56. The number of anilines is 1. The Morgan fingerprint density at radius 3 is 2.17 bits per heavy atom. The summed E-state index contributed by atoms with van der Waals surface area (Å²) in [4.78, 5) is 30.6. The minimum absolute atomic E-state index is 0.0421. The molecule has 18 heavy (non-hydrogen) atoms. The van der Waals surface area contributed by atoms with Crippen molar-refractivity contribution in [2.45, 2.75) is 13.3 Å². The lowest BCUT2D eigenvalue weighted by atomic mass is 10.0. The van der Waals surface area contributed by atoms with E-state index < -0.39 is 38.4 Å². The second kappa shape index (κ2) is 4.65. The predicted octanol–water partition coefficient (Wildman–Crippen LogP) is 1.35. The van der Waals surface area contributed by atoms with Gasteiger partial charge in [-0.05, 0) is 12.5 Å². The zero-order valence-electron chi connectivity index (χ0n) is 9.24. The molecule has 0 atom stereocenters. The number of nitrogen functional groups attached to an aromatic ring is 1. The van der Waals surface area contributed by atoms with E-state index in [-0.39, 0.29) is 12.0 Å². The molecule has 0 radical (unpaired) electrons. The molecule has 0 unspecified atom stereocenters. The lowest BCUT2D eigenvalue weighted by Gasteiger charge is -2.06. The standard InChI is InChI=1S/C9H9N3O6/c1-2-4-3-5(9(13)14)8(12(17)18)6(10)7(4)11(15)16/h3H,2,10H2,1H3,(H,13,14). The van der Waals surface area contributed by atoms with E-state index in [1.807, 2.05) is 0 Å². The van der Waals surface area contributed by atoms with E-state index in [1.54, 1.807) is 6.92 Å². The molecule has 1 rings (SSSR count). The van der Waals surface area contributed by atoms with Crippen LogP contribution in [-0.4, -0.2) is 20.9 Å². The van der Waals surface area contributed by atoms with Crippen LogP contribution in [0.4, 0.5) is 17.1 Å². The fraction of sp³-hybridized carbons (Fsp3) is 0.222. The smallest absolute Gasteiger partial charge is 0.342 e. The highest BCUT2D eigenvalue weighted by Crippen LogP contribution is 2.38. The Morgan fingerprint density at radius 2 is 1.83 bits per heavy atom. The summed E-state index contributed by atoms with van der Waals surface area (Å²) < 4.78 is 0. The summed E-state index contributed by atoms with van der Waals surface area (Å²) >= 11 is 0. The maximum atomic E-state index is 10.9. The Bertz CT molecular complexity index is 554. The number of nitrogens with zero attached hydrogens (tertiary/aromatic N) is 2. The van der Waals surface area contributed by atoms with Crippen LogP contribution in [0.15, 0.2) is 6.07 Å². The van der Waals surface area contributed by atoms with Crippen LogP contribution < -0.4 is 5.73 Å². The molecular formula is C9H9N3O6. The van der Waals surface area contributed by atoms with Crippen molar-refractivity contribution >= 4 is 23.0 Å². The second-order valence-corrected chi connectivity index (χ2v) is 3.37. The Kier molecular flexibility index (Phi) is 3.45. The molecule has 0 aliphatic heterocycles. The van der Waals surface area contributed by atoms with Gasteiger partial charge >= 0.3 is 17.3 Å². The molecule has 0 bridgehead atoms. The van der Waals surface area contributed by atoms with Crippen LogP contribution in [0.25, 0.3) is 0 Å². The van der Waals surface area contributed by atoms with Crippen LogP contribution >= 0.6 is 0 Å². The van der Waals surface area contributed by atoms with Crippen molar-refractivity contribution < 1.29 is 19.7 Å². The number of nitrogens with two attached hydrogens (primary N) is 1. The van der Waals surface area contributed by atoms with Crippen LogP contribution in [0.5, 0.6) is 0 Å². The number of aromatic carboxylic acids is 1. The Hall–Kier alpha value is -2.71. The Labute approximate surface area is 100 Å². The Balaban J connectivity index is 3.79. The number of nitro groups is 2. The van der Waals surface area contributed by atoms with Crippen LogP contribution in [0, 0.1) is 20.2 Å². The third kappa shape index (κ3) is 2.05. The lowest BCUT2D eigenvalue weighted by Crippen LogP contribution is -2.10. The van der Waals surface area contributed by atoms with E-state index >= 15 is 0 Å². The number of carboxylic acid groups (broad SMARTS) is 1. The number of carbonyl (C=O) groups is 1. The van der Waals surface area contributed by atoms with Crippen molar-refractivity contribution in [2.24, 2.45) is 0 Å². The van der Waals surface area contributed by atoms with Gasteiger partial charge in [0.1, 0.15) is 5.56 Å². The van der Waals surface area contributed by atoms with E-state index in [2.05, 4.69) is 0 Å². The van der Waals surface area contributed by atoms with E-state index in [1.165, 1.54) is 0 Å². The number of benzene rings is 1. The summed E-state index contributed by atoms with van der Waals surface area (Å²) in [6.45, 7) is 1.55. The Morgan fingerprint density at radius 1 is 1.33 bits per heavy atom. The molecule has 1 aromatic carbocycles. The SMILES string of the molecule is CCc1cc(C(=O)O)c([N+](=O)[O-])c(N)c1[N+](=O)[O-]. The number of nitro benzene ring substituents is 2. The zero-order valence-corrected chi connectivity index (χ0v) is 9.24. The van der Waals surface area contributed by atoms with Crippen molar-refractivity contribution in [3.8, 4) is 0 Å². The van der Waals surface area contributed by atoms with Crippen LogP contribution in [0.2, 0.25) is 0 Å². The molecule has 0 amide bonds. The quantitative estimate of drug-likeness (QED) is 0.468. The van der Waals surface area contributed by atoms with Gasteiger partial charge in [0.05, 0.1) is 9.85 Å². The van der Waals surface area contributed by atoms with Gasteiger partial charge in [-0.1, -0.05) is 6.92 Å². The molecule has 0 saturated heterocycles. The summed E-state index contributed by atoms with van der Waals surface area (Å²) in [6, 6.07) is 0.912. The number of rotatable bonds is 4. The zero-order chi connectivity index (χ0) is 14.0. The lowest BCUT2D eigenvalue weighted by molar-refractivity contribution is -0.392. The van der Waals surface area contributed by atoms with Crippen molar-refractivity contribution in [2.75, 3.05) is 5.73 Å². The average molecular weight is 255 g/mol. The maximum Gasteiger partial charge on any atom is 0.342 e. The van der Waals surface area contributed by atoms with Crippen molar-refractivity contribution in [3.63, 3.8) is 0 Å². The van der Waals surface area contributed by atoms with E-state index in [4.69, 9.17) is 10.8 Å². The molecule has 0 saturated carbocycles. The first kappa shape index (κ1) is 13.4. The van der Waals surface area contributed by atoms with Gasteiger partial charge in [-0.2, -0.15) is 0 Å². The predicted molar refractivity (Wildman–Crippen MR) is 60.5 cm³/mol. The third-order valence-electron chi connectivity index (χ3n) is 2.36. The van der Waals surface area contributed by atoms with E-state index in [0.717, 1.165) is 6.07 Å². The summed E-state index contributed by atoms with van der Waals surface area (Å²) in [5, 5.41) is 30.4. The molecular weight excluding hydrogens is 246 g/mol. The molecule has 0 aromatic heterocycles. The highest BCUT2D eigenvalue weighted by molar-refractivity contribution is 5.97. The molecule has 0 heterocycles. The summed E-state index contributed by atoms with van der Waals surface area (Å²) in [6.07, 6.45) is 0.138. The largest absolute Gasteiger partial charge is 0.477 e. The minimum atomic E-state index is -1.56. The molecule has 0 fully saturated rings. The number of carboxylic acids is 1. The first-order chi connectivity index (χ1) is 8.31. The third-order valence-corrected chi connectivity index (χ3v) is 2.36. The van der Waals surface area contributed by atoms with Crippen molar-refractivity contribution in [3.05, 3.63) is 37.4 Å². The molecule has 0 spiro atoms. The van der Waals surface area contributed by atoms with Gasteiger partial charge in [0.15, 0.2) is 5.69 Å². The number of hydrogen-bond donors (Lipinski definition) is 2. The second-order valence-electron chi connectivity index (χ2n) is 3.37. The highest BCUT2D eigenvalue weighted by atomic mass is 16.6. The fourth-order valence-corrected chi connectivity index (χ4v) is 1.59. The first-order valence-corrected chi connectivity index (χ1v) is 4.78. The fourth-order valence-electron chi connectivity index (χ4n) is 1.59. The van der Waals surface area contributed by atoms with E-state index in [0.29, 0.717) is 0 Å². The van der Waals surface area contributed by atoms with Crippen molar-refractivity contribution in [1.82, 2.24) is 0 Å². The highest BCUT2D eigenvalue weighted by Gasteiger charge is 2.33. The molecule has 9 nitrogen and oxygen atoms in total. The normalized spacial score (nSPS) is 10.1. The molecule has 1 aromatic rings. The number of hydrogen-bond acceptors (Lipinski definition) is 6. The van der Waals surface area contributed by atoms with Gasteiger partial charge in [-0.15, -0.1) is 0 Å². The van der Waals surface area contributed by atoms with Gasteiger partial charge in [0.25, 0.3) is 0 Å². The minimum Gasteiger partial charge on any atom is -0.477 e. The van der Waals surface area contributed by atoms with Crippen LogP contribution in [0.1, 0.15) is 22.8 Å². The van der Waals surface area contributed by atoms with Crippen LogP contribution in [0.3, 0.4) is 0 Å². The topological polar surface area (TPSA) is 150 Å². The summed E-state index contributed by atoms with van der Waals surface area (Å²) in [5.41, 5.74) is 2.44. The van der Waals surface area contributed by atoms with Gasteiger partial charge < -0.3 is 10.8 Å². The molecule has 0 aliphatic rings. The van der Waals surface area contributed by atoms with Gasteiger partial charge in [-0.3, -0.25) is 20.2 Å². The number of aryl methyl sites for hydroxylation is 1. The van der Waals surface area contributed by atoms with Gasteiger partial charge in [-0.25, -0.2) is 4.79 Å². The molecule has 9 heteroatoms. The molecule has 0 aliphatic carbocycles. The van der Waals surface area contributed by atoms with Gasteiger partial charge in [0, 0.05) is 5.56 Å². The average Bonchev–Trinajstić information content (AvgIpc) is 2.25. The van der Waals surface area contributed by atoms with E-state index in [9.17, 15) is 25.0 Å². The van der Waals surface area contributed by atoms with Crippen molar-refractivity contribution in [1.29, 1.82) is 0 Å². The molecule has 96 valence electrons. The van der Waals surface area contributed by atoms with Crippen LogP contribution in [-0.2, 0) is 6.42 Å². The molecule has 3 N–H and O–H groups in total. The van der Waals surface area contributed by atoms with Gasteiger partial charge in [0.2, 0.25) is 0 Å². The monoisotopic (exact) mass is 255 g/mol.